The summed E-state index contributed by atoms with van der Waals surface area (Å²) in [5, 5.41) is 3.40. The van der Waals surface area contributed by atoms with Gasteiger partial charge in [0, 0.05) is 39.8 Å². The highest BCUT2D eigenvalue weighted by Crippen LogP contribution is 2.19. The Morgan fingerprint density at radius 3 is 2.42 bits per heavy atom. The second-order valence-electron chi connectivity index (χ2n) is 6.40. The van der Waals surface area contributed by atoms with Crippen LogP contribution in [-0.2, 0) is 14.3 Å². The molecule has 2 rings (SSSR count). The highest BCUT2D eigenvalue weighted by molar-refractivity contribution is 6.07. The monoisotopic (exact) mass is 341 g/mol. The van der Waals surface area contributed by atoms with Gasteiger partial charge in [0.05, 0.1) is 13.2 Å². The van der Waals surface area contributed by atoms with E-state index in [1.165, 1.54) is 0 Å². The fourth-order valence-electron chi connectivity index (χ4n) is 2.78. The minimum atomic E-state index is -0.947. The summed E-state index contributed by atoms with van der Waals surface area (Å²) in [6, 6.07) is -0.581. The molecule has 0 bridgehead atoms. The lowest BCUT2D eigenvalue weighted by Gasteiger charge is -2.34. The van der Waals surface area contributed by atoms with E-state index in [1.807, 2.05) is 11.8 Å². The van der Waals surface area contributed by atoms with Gasteiger partial charge < -0.3 is 10.1 Å². The molecule has 0 aromatic rings. The number of hydrogen-bond donors (Lipinski definition) is 2. The van der Waals surface area contributed by atoms with Crippen molar-refractivity contribution in [1.29, 1.82) is 0 Å². The van der Waals surface area contributed by atoms with Crippen LogP contribution in [0.15, 0.2) is 0 Å². The van der Waals surface area contributed by atoms with Gasteiger partial charge in [0.25, 0.3) is 11.8 Å². The van der Waals surface area contributed by atoms with Gasteiger partial charge in [-0.1, -0.05) is 6.92 Å². The van der Waals surface area contributed by atoms with Crippen molar-refractivity contribution < 1.29 is 19.1 Å². The Morgan fingerprint density at radius 2 is 1.88 bits per heavy atom. The minimum Gasteiger partial charge on any atom is -0.383 e. The molecule has 2 fully saturated rings. The van der Waals surface area contributed by atoms with Gasteiger partial charge in [-0.3, -0.25) is 24.8 Å². The summed E-state index contributed by atoms with van der Waals surface area (Å²) in [7, 11) is 1.68. The van der Waals surface area contributed by atoms with E-state index in [4.69, 9.17) is 4.74 Å². The maximum absolute atomic E-state index is 12.2. The predicted octanol–water partition coefficient (Wildman–Crippen LogP) is -0.998. The molecular formula is C15H27N5O4. The van der Waals surface area contributed by atoms with Crippen LogP contribution in [0.2, 0.25) is 0 Å². The van der Waals surface area contributed by atoms with Crippen molar-refractivity contribution in [2.75, 3.05) is 53.0 Å². The van der Waals surface area contributed by atoms with E-state index in [-0.39, 0.29) is 12.5 Å². The molecule has 0 radical (unpaired) electrons. The lowest BCUT2D eigenvalue weighted by molar-refractivity contribution is -0.139. The van der Waals surface area contributed by atoms with Crippen molar-refractivity contribution in [2.45, 2.75) is 25.8 Å². The van der Waals surface area contributed by atoms with Crippen LogP contribution in [0.3, 0.4) is 0 Å². The first-order chi connectivity index (χ1) is 11.4. The fraction of sp³-hybridized carbons (Fsp3) is 0.800. The molecule has 24 heavy (non-hydrogen) atoms. The molecule has 9 nitrogen and oxygen atoms in total. The first kappa shape index (κ1) is 18.6. The molecule has 4 amide bonds. The maximum atomic E-state index is 12.2. The van der Waals surface area contributed by atoms with Crippen LogP contribution in [0, 0.1) is 0 Å². The number of hydrazine groups is 1. The highest BCUT2D eigenvalue weighted by atomic mass is 16.5. The first-order valence-electron chi connectivity index (χ1n) is 8.29. The molecule has 1 atom stereocenters. The van der Waals surface area contributed by atoms with Gasteiger partial charge in [0.15, 0.2) is 0 Å². The average Bonchev–Trinajstić information content (AvgIpc) is 2.78. The average molecular weight is 341 g/mol. The van der Waals surface area contributed by atoms with Crippen molar-refractivity contribution in [3.8, 4) is 0 Å². The number of urea groups is 1. The Labute approximate surface area is 142 Å². The van der Waals surface area contributed by atoms with E-state index in [9.17, 15) is 14.4 Å². The normalized spacial score (nSPS) is 25.9. The van der Waals surface area contributed by atoms with Crippen LogP contribution in [0.1, 0.15) is 20.3 Å². The van der Waals surface area contributed by atoms with E-state index in [1.54, 1.807) is 14.0 Å². The Morgan fingerprint density at radius 1 is 1.25 bits per heavy atom. The summed E-state index contributed by atoms with van der Waals surface area (Å²) in [6.45, 7) is 8.48. The van der Waals surface area contributed by atoms with E-state index < -0.39 is 17.5 Å². The van der Waals surface area contributed by atoms with Crippen molar-refractivity contribution in [1.82, 2.24) is 25.6 Å². The molecule has 2 heterocycles. The van der Waals surface area contributed by atoms with Gasteiger partial charge in [-0.2, -0.15) is 5.01 Å². The highest BCUT2D eigenvalue weighted by Gasteiger charge is 2.47. The smallest absolute Gasteiger partial charge is 0.344 e. The molecule has 9 heteroatoms. The van der Waals surface area contributed by atoms with Crippen molar-refractivity contribution in [3.05, 3.63) is 0 Å². The Hall–Kier alpha value is -1.71. The summed E-state index contributed by atoms with van der Waals surface area (Å²) in [4.78, 5) is 40.6. The summed E-state index contributed by atoms with van der Waals surface area (Å²) in [5.41, 5.74) is 1.47. The van der Waals surface area contributed by atoms with Crippen LogP contribution in [0.25, 0.3) is 0 Å². The van der Waals surface area contributed by atoms with Crippen molar-refractivity contribution in [3.63, 3.8) is 0 Å². The van der Waals surface area contributed by atoms with Crippen LogP contribution >= 0.6 is 0 Å². The summed E-state index contributed by atoms with van der Waals surface area (Å²) in [5.74, 6) is -0.781. The lowest BCUT2D eigenvalue weighted by Crippen LogP contribution is -2.54. The van der Waals surface area contributed by atoms with E-state index >= 15 is 0 Å². The van der Waals surface area contributed by atoms with E-state index in [2.05, 4.69) is 15.6 Å². The van der Waals surface area contributed by atoms with Crippen molar-refractivity contribution >= 4 is 17.8 Å². The van der Waals surface area contributed by atoms with Crippen LogP contribution < -0.4 is 10.7 Å². The molecular weight excluding hydrogens is 314 g/mol. The van der Waals surface area contributed by atoms with Crippen molar-refractivity contribution in [2.24, 2.45) is 0 Å². The van der Waals surface area contributed by atoms with Gasteiger partial charge in [-0.25, -0.2) is 4.79 Å². The lowest BCUT2D eigenvalue weighted by atomic mass is 10.00. The maximum Gasteiger partial charge on any atom is 0.344 e. The second kappa shape index (κ2) is 7.91. The zero-order valence-corrected chi connectivity index (χ0v) is 14.6. The quantitative estimate of drug-likeness (QED) is 0.577. The van der Waals surface area contributed by atoms with Crippen LogP contribution in [0.5, 0.6) is 0 Å². The predicted molar refractivity (Wildman–Crippen MR) is 87.0 cm³/mol. The van der Waals surface area contributed by atoms with Crippen LogP contribution in [-0.4, -0.2) is 91.2 Å². The summed E-state index contributed by atoms with van der Waals surface area (Å²) < 4.78 is 5.06. The molecule has 2 saturated heterocycles. The zero-order valence-electron chi connectivity index (χ0n) is 14.6. The van der Waals surface area contributed by atoms with Crippen LogP contribution in [0.4, 0.5) is 4.79 Å². The summed E-state index contributed by atoms with van der Waals surface area (Å²) >= 11 is 0. The molecule has 0 spiro atoms. The largest absolute Gasteiger partial charge is 0.383 e. The number of nitrogens with zero attached hydrogens (tertiary/aromatic N) is 3. The number of rotatable bonds is 7. The fourth-order valence-corrected chi connectivity index (χ4v) is 2.78. The third-order valence-electron chi connectivity index (χ3n) is 4.65. The van der Waals surface area contributed by atoms with Gasteiger partial charge in [0.2, 0.25) is 0 Å². The Balaban J connectivity index is 1.78. The van der Waals surface area contributed by atoms with E-state index in [0.717, 1.165) is 37.7 Å². The Kier molecular flexibility index (Phi) is 6.14. The minimum absolute atomic E-state index is 0.165. The molecule has 0 saturated carbocycles. The molecule has 2 N–H and O–H groups in total. The SMILES string of the molecule is CC[C@]1(C)NC(=O)N(NC(=O)CN2CCN(CCOC)CC2)C1=O. The van der Waals surface area contributed by atoms with E-state index in [0.29, 0.717) is 13.0 Å². The third kappa shape index (κ3) is 4.22. The number of carbonyl (C=O) groups excluding carboxylic acids is 3. The molecule has 0 aliphatic carbocycles. The number of imide groups is 1. The molecule has 0 aromatic heterocycles. The molecule has 0 aromatic carbocycles. The van der Waals surface area contributed by atoms with Gasteiger partial charge >= 0.3 is 6.03 Å². The number of ether oxygens (including phenoxy) is 1. The van der Waals surface area contributed by atoms with Gasteiger partial charge in [0.1, 0.15) is 5.54 Å². The second-order valence-corrected chi connectivity index (χ2v) is 6.40. The number of hydrogen-bond acceptors (Lipinski definition) is 6. The van der Waals surface area contributed by atoms with Gasteiger partial charge in [-0.05, 0) is 13.3 Å². The zero-order chi connectivity index (χ0) is 17.7. The number of nitrogens with one attached hydrogen (secondary N) is 2. The third-order valence-corrected chi connectivity index (χ3v) is 4.65. The topological polar surface area (TPSA) is 94.2 Å². The first-order valence-corrected chi connectivity index (χ1v) is 8.29. The summed E-state index contributed by atoms with van der Waals surface area (Å²) in [6.07, 6.45) is 0.466. The molecule has 2 aliphatic heterocycles. The number of piperazine rings is 1. The molecule has 0 unspecified atom stereocenters. The number of amides is 4. The van der Waals surface area contributed by atoms with Gasteiger partial charge in [-0.15, -0.1) is 0 Å². The molecule has 136 valence electrons. The Bertz CT molecular complexity index is 492. The molecule has 2 aliphatic rings. The standard InChI is InChI=1S/C15H27N5O4/c1-4-15(2)13(22)20(14(23)16-15)17-12(21)11-19-7-5-18(6-8-19)9-10-24-3/h4-11H2,1-3H3,(H,16,23)(H,17,21)/t15-/m0/s1. The number of carbonyl (C=O) groups is 3. The number of methoxy groups -OCH3 is 1.